The summed E-state index contributed by atoms with van der Waals surface area (Å²) in [5, 5.41) is 13.8. The van der Waals surface area contributed by atoms with Crippen LogP contribution in [0.2, 0.25) is 0 Å². The lowest BCUT2D eigenvalue weighted by molar-refractivity contribution is -0.120. The maximum Gasteiger partial charge on any atom is 0.343 e. The third-order valence-corrected chi connectivity index (χ3v) is 5.25. The van der Waals surface area contributed by atoms with Gasteiger partial charge in [0.2, 0.25) is 0 Å². The molecule has 24 heavy (non-hydrogen) atoms. The summed E-state index contributed by atoms with van der Waals surface area (Å²) in [5.74, 6) is -0.311. The predicted octanol–water partition coefficient (Wildman–Crippen LogP) is 3.57. The average Bonchev–Trinajstić information content (AvgIpc) is 2.68. The van der Waals surface area contributed by atoms with Crippen molar-refractivity contribution in [3.63, 3.8) is 0 Å². The number of rotatable bonds is 4. The molecule has 0 bridgehead atoms. The van der Waals surface area contributed by atoms with Gasteiger partial charge < -0.3 is 10.2 Å². The van der Waals surface area contributed by atoms with Crippen LogP contribution in [0.15, 0.2) is 24.3 Å². The van der Waals surface area contributed by atoms with E-state index in [1.54, 1.807) is 17.0 Å². The number of benzene rings is 1. The lowest BCUT2D eigenvalue weighted by Crippen LogP contribution is -2.57. The predicted molar refractivity (Wildman–Crippen MR) is 97.3 cm³/mol. The second-order valence-electron chi connectivity index (χ2n) is 6.55. The van der Waals surface area contributed by atoms with E-state index < -0.39 is 16.9 Å². The maximum absolute atomic E-state index is 13.1. The van der Waals surface area contributed by atoms with Crippen LogP contribution < -0.4 is 5.32 Å². The van der Waals surface area contributed by atoms with Gasteiger partial charge in [-0.3, -0.25) is 5.21 Å². The lowest BCUT2D eigenvalue weighted by atomic mass is 10.1. The quantitative estimate of drug-likeness (QED) is 0.481. The van der Waals surface area contributed by atoms with E-state index in [2.05, 4.69) is 5.32 Å². The maximum atomic E-state index is 13.1. The van der Waals surface area contributed by atoms with Crippen molar-refractivity contribution in [3.05, 3.63) is 35.6 Å². The summed E-state index contributed by atoms with van der Waals surface area (Å²) < 4.78 is 13.2. The number of nitrogens with one attached hydrogen (secondary N) is 1. The minimum absolute atomic E-state index is 0.0955. The molecule has 1 saturated heterocycles. The molecule has 1 aromatic rings. The van der Waals surface area contributed by atoms with Crippen LogP contribution >= 0.6 is 24.0 Å². The standard InChI is InChI=1S/C16H22FN3O2S2/c1-10(2)18-14(21)20(22)13-16(3,4)24-15(23)19(13)9-11-5-7-12(17)8-6-11/h5-8,10,13,22H,9H2,1-4H3,(H,18,21)/t13-/m0/s1. The van der Waals surface area contributed by atoms with Crippen molar-refractivity contribution >= 4 is 34.3 Å². The number of urea groups is 1. The van der Waals surface area contributed by atoms with E-state index in [4.69, 9.17) is 12.2 Å². The lowest BCUT2D eigenvalue weighted by Gasteiger charge is -2.37. The van der Waals surface area contributed by atoms with E-state index >= 15 is 0 Å². The molecule has 0 aliphatic carbocycles. The molecule has 0 unspecified atom stereocenters. The fourth-order valence-electron chi connectivity index (χ4n) is 2.60. The Morgan fingerprint density at radius 2 is 2.04 bits per heavy atom. The number of halogens is 1. The van der Waals surface area contributed by atoms with Gasteiger partial charge in [0.1, 0.15) is 16.3 Å². The fourth-order valence-corrected chi connectivity index (χ4v) is 4.47. The Balaban J connectivity index is 2.24. The van der Waals surface area contributed by atoms with Crippen LogP contribution in [-0.2, 0) is 6.54 Å². The van der Waals surface area contributed by atoms with E-state index in [1.165, 1.54) is 23.9 Å². The number of thioether (sulfide) groups is 1. The highest BCUT2D eigenvalue weighted by molar-refractivity contribution is 8.24. The van der Waals surface area contributed by atoms with E-state index in [0.717, 1.165) is 5.56 Å². The number of amides is 2. The van der Waals surface area contributed by atoms with Crippen LogP contribution in [0.5, 0.6) is 0 Å². The van der Waals surface area contributed by atoms with Crippen LogP contribution in [0, 0.1) is 5.82 Å². The fraction of sp³-hybridized carbons (Fsp3) is 0.500. The molecule has 1 heterocycles. The first-order valence-corrected chi connectivity index (χ1v) is 8.87. The Hall–Kier alpha value is -1.38. The van der Waals surface area contributed by atoms with Crippen LogP contribution in [0.4, 0.5) is 9.18 Å². The first kappa shape index (κ1) is 19.0. The number of thiocarbonyl (C=S) groups is 1. The molecular weight excluding hydrogens is 349 g/mol. The van der Waals surface area contributed by atoms with Crippen LogP contribution in [-0.4, -0.2) is 42.5 Å². The molecule has 0 radical (unpaired) electrons. The Morgan fingerprint density at radius 1 is 1.46 bits per heavy atom. The van der Waals surface area contributed by atoms with Crippen molar-refractivity contribution in [2.75, 3.05) is 0 Å². The highest BCUT2D eigenvalue weighted by Crippen LogP contribution is 2.43. The van der Waals surface area contributed by atoms with Gasteiger partial charge in [-0.25, -0.2) is 9.18 Å². The van der Waals surface area contributed by atoms with Crippen molar-refractivity contribution in [2.45, 2.75) is 51.2 Å². The molecule has 0 spiro atoms. The minimum Gasteiger partial charge on any atom is -0.334 e. The molecule has 1 atom stereocenters. The van der Waals surface area contributed by atoms with Crippen LogP contribution in [0.25, 0.3) is 0 Å². The van der Waals surface area contributed by atoms with E-state index in [9.17, 15) is 14.4 Å². The van der Waals surface area contributed by atoms with Crippen molar-refractivity contribution in [2.24, 2.45) is 0 Å². The zero-order valence-electron chi connectivity index (χ0n) is 14.1. The zero-order valence-corrected chi connectivity index (χ0v) is 15.7. The number of carbonyl (C=O) groups excluding carboxylic acids is 1. The Labute approximate surface area is 151 Å². The molecular formula is C16H22FN3O2S2. The largest absolute Gasteiger partial charge is 0.343 e. The smallest absolute Gasteiger partial charge is 0.334 e. The molecule has 0 saturated carbocycles. The Morgan fingerprint density at radius 3 is 2.58 bits per heavy atom. The second kappa shape index (κ2) is 7.25. The molecule has 2 N–H and O–H groups in total. The van der Waals surface area contributed by atoms with Crippen LogP contribution in [0.1, 0.15) is 33.3 Å². The molecule has 1 aliphatic rings. The third-order valence-electron chi connectivity index (χ3n) is 3.62. The van der Waals surface area contributed by atoms with Gasteiger partial charge in [0, 0.05) is 12.6 Å². The molecule has 2 rings (SSSR count). The van der Waals surface area contributed by atoms with Gasteiger partial charge in [-0.15, -0.1) is 0 Å². The minimum atomic E-state index is -0.626. The van der Waals surface area contributed by atoms with E-state index in [0.29, 0.717) is 15.9 Å². The molecule has 2 amide bonds. The monoisotopic (exact) mass is 371 g/mol. The number of carbonyl (C=O) groups is 1. The Bertz CT molecular complexity index is 622. The summed E-state index contributed by atoms with van der Waals surface area (Å²) in [6, 6.07) is 5.43. The molecule has 0 aromatic heterocycles. The van der Waals surface area contributed by atoms with E-state index in [-0.39, 0.29) is 11.9 Å². The first-order valence-electron chi connectivity index (χ1n) is 7.64. The Kier molecular flexibility index (Phi) is 5.72. The average molecular weight is 372 g/mol. The highest BCUT2D eigenvalue weighted by Gasteiger charge is 2.49. The second-order valence-corrected chi connectivity index (χ2v) is 8.84. The van der Waals surface area contributed by atoms with Gasteiger partial charge in [0.05, 0.1) is 4.75 Å². The SMILES string of the molecule is CC(C)NC(=O)N(O)[C@@H]1N(Cc2ccc(F)cc2)C(=S)SC1(C)C. The van der Waals surface area contributed by atoms with Gasteiger partial charge in [-0.05, 0) is 45.4 Å². The molecule has 8 heteroatoms. The van der Waals surface area contributed by atoms with Gasteiger partial charge >= 0.3 is 6.03 Å². The van der Waals surface area contributed by atoms with Crippen molar-refractivity contribution in [3.8, 4) is 0 Å². The molecule has 1 fully saturated rings. The number of hydrogen-bond donors (Lipinski definition) is 2. The molecule has 1 aromatic carbocycles. The highest BCUT2D eigenvalue weighted by atomic mass is 32.2. The number of hydrogen-bond acceptors (Lipinski definition) is 4. The molecule has 132 valence electrons. The number of nitrogens with zero attached hydrogens (tertiary/aromatic N) is 2. The van der Waals surface area contributed by atoms with Gasteiger partial charge in [0.25, 0.3) is 0 Å². The zero-order chi connectivity index (χ0) is 18.1. The molecule has 5 nitrogen and oxygen atoms in total. The van der Waals surface area contributed by atoms with Crippen molar-refractivity contribution in [1.29, 1.82) is 0 Å². The van der Waals surface area contributed by atoms with Crippen LogP contribution in [0.3, 0.4) is 0 Å². The summed E-state index contributed by atoms with van der Waals surface area (Å²) in [6.07, 6.45) is -0.626. The van der Waals surface area contributed by atoms with Gasteiger partial charge in [-0.1, -0.05) is 36.1 Å². The first-order chi connectivity index (χ1) is 11.1. The van der Waals surface area contributed by atoms with Crippen molar-refractivity contribution < 1.29 is 14.4 Å². The summed E-state index contributed by atoms with van der Waals surface area (Å²) in [4.78, 5) is 14.0. The summed E-state index contributed by atoms with van der Waals surface area (Å²) in [7, 11) is 0. The van der Waals surface area contributed by atoms with E-state index in [1.807, 2.05) is 27.7 Å². The van der Waals surface area contributed by atoms with Gasteiger partial charge in [0.15, 0.2) is 0 Å². The number of hydroxylamine groups is 2. The molecule has 1 aliphatic heterocycles. The normalized spacial score (nSPS) is 19.7. The topological polar surface area (TPSA) is 55.8 Å². The summed E-state index contributed by atoms with van der Waals surface area (Å²) in [5.41, 5.74) is 0.847. The van der Waals surface area contributed by atoms with Gasteiger partial charge in [-0.2, -0.15) is 5.06 Å². The summed E-state index contributed by atoms with van der Waals surface area (Å²) in [6.45, 7) is 7.87. The third kappa shape index (κ3) is 4.17. The van der Waals surface area contributed by atoms with Crippen molar-refractivity contribution in [1.82, 2.24) is 15.3 Å². The summed E-state index contributed by atoms with van der Waals surface area (Å²) >= 11 is 6.86.